The second-order valence-electron chi connectivity index (χ2n) is 8.83. The molecule has 1 aromatic heterocycles. The van der Waals surface area contributed by atoms with E-state index in [9.17, 15) is 13.6 Å². The number of halogens is 3. The van der Waals surface area contributed by atoms with Crippen LogP contribution in [0.1, 0.15) is 51.4 Å². The average Bonchev–Trinajstić information content (AvgIpc) is 3.46. The minimum absolute atomic E-state index is 0.239. The van der Waals surface area contributed by atoms with Gasteiger partial charge < -0.3 is 14.0 Å². The molecular weight excluding hydrogens is 462 g/mol. The molecule has 1 fully saturated rings. The Morgan fingerprint density at radius 2 is 1.88 bits per heavy atom. The van der Waals surface area contributed by atoms with E-state index in [1.807, 2.05) is 10.6 Å². The molecule has 1 aliphatic rings. The molecule has 5 nitrogen and oxygen atoms in total. The van der Waals surface area contributed by atoms with E-state index >= 15 is 0 Å². The van der Waals surface area contributed by atoms with Crippen molar-refractivity contribution in [2.75, 3.05) is 13.7 Å². The molecular formula is C26H29ClF2N2O3. The normalized spacial score (nSPS) is 14.1. The van der Waals surface area contributed by atoms with Crippen LogP contribution >= 0.6 is 11.6 Å². The minimum atomic E-state index is -0.935. The van der Waals surface area contributed by atoms with E-state index in [4.69, 9.17) is 16.3 Å². The number of aromatic nitrogens is 2. The van der Waals surface area contributed by atoms with Crippen LogP contribution in [0.4, 0.5) is 8.78 Å². The van der Waals surface area contributed by atoms with Gasteiger partial charge in [-0.3, -0.25) is 4.79 Å². The van der Waals surface area contributed by atoms with Gasteiger partial charge in [-0.25, -0.2) is 13.8 Å². The molecule has 0 saturated heterocycles. The third-order valence-electron chi connectivity index (χ3n) is 6.41. The molecule has 0 unspecified atom stereocenters. The topological polar surface area (TPSA) is 53.4 Å². The summed E-state index contributed by atoms with van der Waals surface area (Å²) >= 11 is 6.27. The maximum atomic E-state index is 14.1. The van der Waals surface area contributed by atoms with Crippen LogP contribution in [0.25, 0.3) is 22.4 Å². The molecule has 4 rings (SSSR count). The Bertz CT molecular complexity index is 1160. The molecule has 1 saturated carbocycles. The van der Waals surface area contributed by atoms with E-state index in [1.54, 1.807) is 12.1 Å². The van der Waals surface area contributed by atoms with Gasteiger partial charge in [-0.2, -0.15) is 0 Å². The van der Waals surface area contributed by atoms with Gasteiger partial charge in [-0.15, -0.1) is 0 Å². The Labute approximate surface area is 203 Å². The van der Waals surface area contributed by atoms with E-state index in [2.05, 4.69) is 9.72 Å². The molecule has 3 aromatic rings. The van der Waals surface area contributed by atoms with Crippen LogP contribution in [-0.2, 0) is 16.1 Å². The largest absolute Gasteiger partial charge is 0.492 e. The number of esters is 1. The summed E-state index contributed by atoms with van der Waals surface area (Å²) in [5, 5.41) is 0.549. The summed E-state index contributed by atoms with van der Waals surface area (Å²) in [7, 11) is 1.37. The second-order valence-corrected chi connectivity index (χ2v) is 9.27. The zero-order chi connectivity index (χ0) is 24.1. The van der Waals surface area contributed by atoms with Crippen LogP contribution in [0.5, 0.6) is 5.75 Å². The molecule has 0 N–H and O–H groups in total. The molecule has 8 heteroatoms. The summed E-state index contributed by atoms with van der Waals surface area (Å²) in [5.74, 6) is -0.385. The Kier molecular flexibility index (Phi) is 8.03. The Hall–Kier alpha value is -2.67. The highest BCUT2D eigenvalue weighted by Gasteiger charge is 2.21. The number of fused-ring (bicyclic) bond motifs is 1. The predicted molar refractivity (Wildman–Crippen MR) is 128 cm³/mol. The smallest absolute Gasteiger partial charge is 0.305 e. The van der Waals surface area contributed by atoms with Gasteiger partial charge >= 0.3 is 5.97 Å². The van der Waals surface area contributed by atoms with E-state index < -0.39 is 11.6 Å². The first-order chi connectivity index (χ1) is 16.5. The maximum Gasteiger partial charge on any atom is 0.305 e. The van der Waals surface area contributed by atoms with Gasteiger partial charge in [0.2, 0.25) is 0 Å². The third kappa shape index (κ3) is 5.69. The van der Waals surface area contributed by atoms with Crippen LogP contribution in [0, 0.1) is 17.6 Å². The number of rotatable bonds is 10. The van der Waals surface area contributed by atoms with Crippen molar-refractivity contribution in [1.29, 1.82) is 0 Å². The number of hydrogen-bond acceptors (Lipinski definition) is 4. The number of ether oxygens (including phenoxy) is 2. The lowest BCUT2D eigenvalue weighted by Crippen LogP contribution is -2.09. The molecule has 1 heterocycles. The van der Waals surface area contributed by atoms with Crippen molar-refractivity contribution >= 4 is 28.6 Å². The third-order valence-corrected chi connectivity index (χ3v) is 6.65. The highest BCUT2D eigenvalue weighted by Crippen LogP contribution is 2.36. The van der Waals surface area contributed by atoms with Gasteiger partial charge in [0.1, 0.15) is 11.6 Å². The lowest BCUT2D eigenvalue weighted by Gasteiger charge is -2.16. The Morgan fingerprint density at radius 1 is 1.12 bits per heavy atom. The standard InChI is InChI=1S/C26H29ClF2N2O3/c1-33-25(32)9-3-2-6-12-31-23-15-21(29)20(28)14-22(23)30-26(31)19-11-10-18(27)13-24(19)34-16-17-7-4-5-8-17/h10-11,13-15,17H,2-9,12,16H2,1H3. The number of carbonyl (C=O) groups excluding carboxylic acids is 1. The number of carbonyl (C=O) groups is 1. The number of nitrogens with zero attached hydrogens (tertiary/aromatic N) is 2. The van der Waals surface area contributed by atoms with E-state index in [0.29, 0.717) is 59.5 Å². The van der Waals surface area contributed by atoms with Gasteiger partial charge in [0, 0.05) is 30.1 Å². The SMILES string of the molecule is COC(=O)CCCCCn1c(-c2ccc(Cl)cc2OCC2CCCC2)nc2cc(F)c(F)cc21. The summed E-state index contributed by atoms with van der Waals surface area (Å²) in [6, 6.07) is 7.68. The van der Waals surface area contributed by atoms with Crippen molar-refractivity contribution in [2.24, 2.45) is 5.92 Å². The number of hydrogen-bond donors (Lipinski definition) is 0. The van der Waals surface area contributed by atoms with Gasteiger partial charge in [-0.05, 0) is 49.8 Å². The number of imidazole rings is 1. The lowest BCUT2D eigenvalue weighted by molar-refractivity contribution is -0.140. The molecule has 0 spiro atoms. The van der Waals surface area contributed by atoms with Crippen molar-refractivity contribution in [1.82, 2.24) is 9.55 Å². The number of aryl methyl sites for hydroxylation is 1. The molecule has 0 radical (unpaired) electrons. The van der Waals surface area contributed by atoms with Crippen LogP contribution in [-0.4, -0.2) is 29.2 Å². The van der Waals surface area contributed by atoms with Crippen LogP contribution in [0.3, 0.4) is 0 Å². The van der Waals surface area contributed by atoms with E-state index in [-0.39, 0.29) is 5.97 Å². The Morgan fingerprint density at radius 3 is 2.65 bits per heavy atom. The molecule has 34 heavy (non-hydrogen) atoms. The van der Waals surface area contributed by atoms with Crippen molar-refractivity contribution in [3.05, 3.63) is 47.0 Å². The molecule has 0 amide bonds. The highest BCUT2D eigenvalue weighted by molar-refractivity contribution is 6.30. The summed E-state index contributed by atoms with van der Waals surface area (Å²) in [5.41, 5.74) is 1.62. The van der Waals surface area contributed by atoms with Crippen LogP contribution in [0.2, 0.25) is 5.02 Å². The van der Waals surface area contributed by atoms with Gasteiger partial charge in [0.05, 0.1) is 30.3 Å². The molecule has 1 aliphatic carbocycles. The monoisotopic (exact) mass is 490 g/mol. The van der Waals surface area contributed by atoms with Crippen molar-refractivity contribution in [3.8, 4) is 17.1 Å². The summed E-state index contributed by atoms with van der Waals surface area (Å²) in [6.07, 6.45) is 7.30. The summed E-state index contributed by atoms with van der Waals surface area (Å²) in [4.78, 5) is 16.0. The van der Waals surface area contributed by atoms with Crippen molar-refractivity contribution in [3.63, 3.8) is 0 Å². The van der Waals surface area contributed by atoms with Gasteiger partial charge in [0.15, 0.2) is 11.6 Å². The fourth-order valence-electron chi connectivity index (χ4n) is 4.56. The molecule has 0 atom stereocenters. The Balaban J connectivity index is 1.64. The van der Waals surface area contributed by atoms with Gasteiger partial charge in [0.25, 0.3) is 0 Å². The molecule has 2 aromatic carbocycles. The molecule has 182 valence electrons. The van der Waals surface area contributed by atoms with E-state index in [1.165, 1.54) is 26.0 Å². The fourth-order valence-corrected chi connectivity index (χ4v) is 4.72. The molecule has 0 bridgehead atoms. The number of unbranched alkanes of at least 4 members (excludes halogenated alkanes) is 2. The minimum Gasteiger partial charge on any atom is -0.492 e. The fraction of sp³-hybridized carbons (Fsp3) is 0.462. The first-order valence-electron chi connectivity index (χ1n) is 11.8. The van der Waals surface area contributed by atoms with Crippen molar-refractivity contribution < 1.29 is 23.0 Å². The highest BCUT2D eigenvalue weighted by atomic mass is 35.5. The summed E-state index contributed by atoms with van der Waals surface area (Å²) in [6.45, 7) is 1.13. The predicted octanol–water partition coefficient (Wildman–Crippen LogP) is 6.94. The first-order valence-corrected chi connectivity index (χ1v) is 12.2. The number of methoxy groups -OCH3 is 1. The zero-order valence-electron chi connectivity index (χ0n) is 19.3. The summed E-state index contributed by atoms with van der Waals surface area (Å²) < 4.78 is 40.9. The van der Waals surface area contributed by atoms with Crippen molar-refractivity contribution in [2.45, 2.75) is 57.9 Å². The van der Waals surface area contributed by atoms with E-state index in [0.717, 1.165) is 37.3 Å². The quantitative estimate of drug-likeness (QED) is 0.228. The lowest BCUT2D eigenvalue weighted by atomic mass is 10.1. The number of benzene rings is 2. The van der Waals surface area contributed by atoms with Crippen LogP contribution in [0.15, 0.2) is 30.3 Å². The average molecular weight is 491 g/mol. The zero-order valence-corrected chi connectivity index (χ0v) is 20.0. The molecule has 0 aliphatic heterocycles. The second kappa shape index (κ2) is 11.2. The van der Waals surface area contributed by atoms with Gasteiger partial charge in [-0.1, -0.05) is 30.9 Å². The maximum absolute atomic E-state index is 14.1. The van der Waals surface area contributed by atoms with Crippen LogP contribution < -0.4 is 4.74 Å². The first kappa shape index (κ1) is 24.5.